The normalized spacial score (nSPS) is 15.1. The molecule has 0 radical (unpaired) electrons. The Hall–Kier alpha value is -2.77. The smallest absolute Gasteiger partial charge is 0.266 e. The first-order valence-electron chi connectivity index (χ1n) is 11.1. The highest BCUT2D eigenvalue weighted by Crippen LogP contribution is 2.37. The Morgan fingerprint density at radius 1 is 1.09 bits per heavy atom. The first-order valence-corrected chi connectivity index (χ1v) is 12.4. The number of nitrogens with zero attached hydrogens (tertiary/aromatic N) is 1. The van der Waals surface area contributed by atoms with Gasteiger partial charge in [0, 0.05) is 18.5 Å². The van der Waals surface area contributed by atoms with Crippen LogP contribution in [0.1, 0.15) is 38.3 Å². The Balaban J connectivity index is 1.62. The molecule has 2 aromatic rings. The number of thioether (sulfide) groups is 1. The lowest BCUT2D eigenvalue weighted by atomic mass is 9.87. The monoisotopic (exact) mass is 497 g/mol. The number of hydrogen-bond acceptors (Lipinski definition) is 6. The van der Waals surface area contributed by atoms with E-state index < -0.39 is 0 Å². The van der Waals surface area contributed by atoms with Gasteiger partial charge >= 0.3 is 0 Å². The third kappa shape index (κ3) is 6.42. The van der Waals surface area contributed by atoms with Gasteiger partial charge in [0.05, 0.1) is 25.2 Å². The molecule has 0 saturated carbocycles. The molecule has 0 aliphatic carbocycles. The number of thiocarbonyl (C=S) groups is 1. The Morgan fingerprint density at radius 3 is 2.44 bits per heavy atom. The molecule has 34 heavy (non-hydrogen) atoms. The molecule has 1 amide bonds. The number of carbonyl (C=O) groups is 1. The fourth-order valence-electron chi connectivity index (χ4n) is 3.36. The Morgan fingerprint density at radius 2 is 1.79 bits per heavy atom. The second kappa shape index (κ2) is 11.6. The molecule has 0 aromatic heterocycles. The molecular weight excluding hydrogens is 466 g/mol. The highest BCUT2D eigenvalue weighted by molar-refractivity contribution is 8.26. The summed E-state index contributed by atoms with van der Waals surface area (Å²) in [5.41, 5.74) is 2.15. The molecule has 7 heteroatoms. The topological polar surface area (TPSA) is 48.0 Å². The molecule has 1 saturated heterocycles. The third-order valence-corrected chi connectivity index (χ3v) is 6.60. The van der Waals surface area contributed by atoms with Crippen LogP contribution in [0.15, 0.2) is 60.0 Å². The number of hydrogen-bond donors (Lipinski definition) is 0. The van der Waals surface area contributed by atoms with E-state index in [4.69, 9.17) is 26.4 Å². The van der Waals surface area contributed by atoms with E-state index in [0.717, 1.165) is 11.3 Å². The maximum Gasteiger partial charge on any atom is 0.266 e. The molecule has 2 aromatic carbocycles. The largest absolute Gasteiger partial charge is 0.493 e. The number of benzene rings is 2. The Labute approximate surface area is 211 Å². The fourth-order valence-corrected chi connectivity index (χ4v) is 4.63. The minimum Gasteiger partial charge on any atom is -0.493 e. The quantitative estimate of drug-likeness (QED) is 0.168. The van der Waals surface area contributed by atoms with Gasteiger partial charge in [-0.2, -0.15) is 0 Å². The van der Waals surface area contributed by atoms with Gasteiger partial charge in [-0.1, -0.05) is 75.1 Å². The summed E-state index contributed by atoms with van der Waals surface area (Å²) < 4.78 is 18.0. The van der Waals surface area contributed by atoms with Gasteiger partial charge < -0.3 is 14.2 Å². The van der Waals surface area contributed by atoms with Crippen molar-refractivity contribution < 1.29 is 19.0 Å². The van der Waals surface area contributed by atoms with Gasteiger partial charge in [-0.25, -0.2) is 0 Å². The number of para-hydroxylation sites is 1. The lowest BCUT2D eigenvalue weighted by molar-refractivity contribution is -0.121. The Kier molecular flexibility index (Phi) is 8.80. The summed E-state index contributed by atoms with van der Waals surface area (Å²) in [6.45, 7) is 11.6. The molecule has 0 bridgehead atoms. The van der Waals surface area contributed by atoms with Crippen LogP contribution in [0.4, 0.5) is 0 Å². The number of amides is 1. The van der Waals surface area contributed by atoms with Crippen LogP contribution in [0.25, 0.3) is 6.08 Å². The van der Waals surface area contributed by atoms with E-state index in [2.05, 4.69) is 39.5 Å². The molecule has 180 valence electrons. The van der Waals surface area contributed by atoms with Gasteiger partial charge in [-0.3, -0.25) is 9.69 Å². The van der Waals surface area contributed by atoms with Crippen LogP contribution in [0, 0.1) is 0 Å². The molecule has 0 unspecified atom stereocenters. The average Bonchev–Trinajstić information content (AvgIpc) is 3.07. The van der Waals surface area contributed by atoms with E-state index in [-0.39, 0.29) is 11.3 Å². The predicted octanol–water partition coefficient (Wildman–Crippen LogP) is 6.23. The molecule has 0 spiro atoms. The highest BCUT2D eigenvalue weighted by atomic mass is 32.2. The molecule has 1 fully saturated rings. The molecule has 5 nitrogen and oxygen atoms in total. The van der Waals surface area contributed by atoms with Crippen molar-refractivity contribution in [2.24, 2.45) is 0 Å². The van der Waals surface area contributed by atoms with Crippen molar-refractivity contribution >= 4 is 40.3 Å². The zero-order valence-electron chi connectivity index (χ0n) is 20.1. The van der Waals surface area contributed by atoms with Crippen molar-refractivity contribution in [3.05, 3.63) is 71.2 Å². The first kappa shape index (κ1) is 25.8. The van der Waals surface area contributed by atoms with Gasteiger partial charge in [-0.15, -0.1) is 6.58 Å². The Bertz CT molecular complexity index is 1070. The van der Waals surface area contributed by atoms with E-state index in [1.165, 1.54) is 22.2 Å². The molecule has 1 heterocycles. The summed E-state index contributed by atoms with van der Waals surface area (Å²) >= 11 is 6.61. The number of ether oxygens (including phenoxy) is 3. The maximum absolute atomic E-state index is 12.7. The van der Waals surface area contributed by atoms with E-state index in [1.807, 2.05) is 30.3 Å². The van der Waals surface area contributed by atoms with Gasteiger partial charge in [-0.05, 0) is 35.3 Å². The lowest BCUT2D eigenvalue weighted by Crippen LogP contribution is -2.27. The average molecular weight is 498 g/mol. The summed E-state index contributed by atoms with van der Waals surface area (Å²) in [5.74, 6) is 1.91. The van der Waals surface area contributed by atoms with Crippen LogP contribution in [0.2, 0.25) is 0 Å². The number of rotatable bonds is 10. The van der Waals surface area contributed by atoms with Crippen LogP contribution < -0.4 is 14.2 Å². The molecular formula is C27H31NO4S2. The van der Waals surface area contributed by atoms with Gasteiger partial charge in [0.1, 0.15) is 10.1 Å². The summed E-state index contributed by atoms with van der Waals surface area (Å²) in [5, 5.41) is 0. The second-order valence-electron chi connectivity index (χ2n) is 8.78. The minimum atomic E-state index is -0.130. The van der Waals surface area contributed by atoms with Gasteiger partial charge in [0.2, 0.25) is 0 Å². The van der Waals surface area contributed by atoms with Crippen LogP contribution in [0.5, 0.6) is 17.2 Å². The number of methoxy groups -OCH3 is 1. The summed E-state index contributed by atoms with van der Waals surface area (Å²) in [7, 11) is 1.60. The third-order valence-electron chi connectivity index (χ3n) is 5.23. The second-order valence-corrected chi connectivity index (χ2v) is 10.5. The fraction of sp³-hybridized carbons (Fsp3) is 0.333. The molecule has 1 aliphatic rings. The SMILES string of the molecule is C=CCN1C(=O)/C(=C/c2cccc(OC)c2OCCCOc2ccc(C(C)(C)C)cc2)SC1=S. The standard InChI is InChI=1S/C27H31NO4S2/c1-6-15-28-25(29)23(34-26(28)33)18-19-9-7-10-22(30-5)24(19)32-17-8-16-31-21-13-11-20(12-14-21)27(2,3)4/h6-7,9-14,18H,1,8,15-17H2,2-5H3/b23-18-. The van der Waals surface area contributed by atoms with Crippen molar-refractivity contribution in [1.82, 2.24) is 4.90 Å². The van der Waals surface area contributed by atoms with Crippen LogP contribution in [-0.2, 0) is 10.2 Å². The van der Waals surface area contributed by atoms with Crippen LogP contribution in [0.3, 0.4) is 0 Å². The minimum absolute atomic E-state index is 0.116. The van der Waals surface area contributed by atoms with E-state index in [1.54, 1.807) is 19.3 Å². The summed E-state index contributed by atoms with van der Waals surface area (Å²) in [4.78, 5) is 14.8. The van der Waals surface area contributed by atoms with Gasteiger partial charge in [0.25, 0.3) is 5.91 Å². The molecule has 1 aliphatic heterocycles. The lowest BCUT2D eigenvalue weighted by Gasteiger charge is -2.19. The predicted molar refractivity (Wildman–Crippen MR) is 144 cm³/mol. The van der Waals surface area contributed by atoms with E-state index in [0.29, 0.717) is 46.9 Å². The summed E-state index contributed by atoms with van der Waals surface area (Å²) in [6, 6.07) is 13.8. The van der Waals surface area contributed by atoms with Crippen LogP contribution in [-0.4, -0.2) is 42.0 Å². The van der Waals surface area contributed by atoms with Crippen molar-refractivity contribution in [2.75, 3.05) is 26.9 Å². The van der Waals surface area contributed by atoms with E-state index >= 15 is 0 Å². The van der Waals surface area contributed by atoms with Crippen molar-refractivity contribution in [3.63, 3.8) is 0 Å². The van der Waals surface area contributed by atoms with Crippen LogP contribution >= 0.6 is 24.0 Å². The van der Waals surface area contributed by atoms with E-state index in [9.17, 15) is 4.79 Å². The van der Waals surface area contributed by atoms with Crippen molar-refractivity contribution in [3.8, 4) is 17.2 Å². The molecule has 0 atom stereocenters. The zero-order chi connectivity index (χ0) is 24.7. The van der Waals surface area contributed by atoms with Crippen molar-refractivity contribution in [1.29, 1.82) is 0 Å². The maximum atomic E-state index is 12.7. The van der Waals surface area contributed by atoms with Gasteiger partial charge in [0.15, 0.2) is 11.5 Å². The molecule has 0 N–H and O–H groups in total. The van der Waals surface area contributed by atoms with Crippen molar-refractivity contribution in [2.45, 2.75) is 32.6 Å². The molecule has 3 rings (SSSR count). The summed E-state index contributed by atoms with van der Waals surface area (Å²) in [6.07, 6.45) is 4.16. The first-order chi connectivity index (χ1) is 16.2. The zero-order valence-corrected chi connectivity index (χ0v) is 21.8. The number of carbonyl (C=O) groups excluding carboxylic acids is 1. The highest BCUT2D eigenvalue weighted by Gasteiger charge is 2.31.